The summed E-state index contributed by atoms with van der Waals surface area (Å²) in [6.45, 7) is 3.81. The third kappa shape index (κ3) is 2.43. The molecule has 0 fully saturated rings. The van der Waals surface area contributed by atoms with Crippen molar-refractivity contribution in [3.05, 3.63) is 72.3 Å². The molecule has 0 spiro atoms. The lowest BCUT2D eigenvalue weighted by Crippen LogP contribution is -1.89. The first-order chi connectivity index (χ1) is 10.2. The predicted molar refractivity (Wildman–Crippen MR) is 88.2 cm³/mol. The Bertz CT molecular complexity index is 889. The van der Waals surface area contributed by atoms with Gasteiger partial charge in [-0.1, -0.05) is 49.1 Å². The second-order valence-corrected chi connectivity index (χ2v) is 4.86. The summed E-state index contributed by atoms with van der Waals surface area (Å²) in [5.74, 6) is -0.956. The number of aliphatic carboxylic acids is 1. The van der Waals surface area contributed by atoms with E-state index in [0.717, 1.165) is 33.4 Å². The van der Waals surface area contributed by atoms with Crippen molar-refractivity contribution in [3.63, 3.8) is 0 Å². The van der Waals surface area contributed by atoms with Crippen molar-refractivity contribution < 1.29 is 9.90 Å². The van der Waals surface area contributed by atoms with Gasteiger partial charge in [-0.15, -0.1) is 0 Å². The minimum atomic E-state index is -0.956. The van der Waals surface area contributed by atoms with Gasteiger partial charge in [-0.3, -0.25) is 0 Å². The minimum Gasteiger partial charge on any atom is -0.478 e. The monoisotopic (exact) mass is 274 g/mol. The highest BCUT2D eigenvalue weighted by Gasteiger charge is 2.05. The normalized spacial score (nSPS) is 11.2. The molecule has 0 saturated heterocycles. The van der Waals surface area contributed by atoms with Crippen LogP contribution in [-0.4, -0.2) is 11.1 Å². The van der Waals surface area contributed by atoms with Gasteiger partial charge in [0.1, 0.15) is 0 Å². The Balaban J connectivity index is 2.37. The second-order valence-electron chi connectivity index (χ2n) is 4.86. The van der Waals surface area contributed by atoms with Crippen LogP contribution >= 0.6 is 0 Å². The maximum Gasteiger partial charge on any atom is 0.328 e. The molecule has 21 heavy (non-hydrogen) atoms. The van der Waals surface area contributed by atoms with Crippen molar-refractivity contribution in [2.75, 3.05) is 0 Å². The van der Waals surface area contributed by atoms with Crippen LogP contribution in [0.3, 0.4) is 0 Å². The highest BCUT2D eigenvalue weighted by atomic mass is 16.4. The van der Waals surface area contributed by atoms with Gasteiger partial charge in [0, 0.05) is 6.08 Å². The zero-order chi connectivity index (χ0) is 14.8. The summed E-state index contributed by atoms with van der Waals surface area (Å²) in [4.78, 5) is 10.8. The molecule has 3 rings (SSSR count). The summed E-state index contributed by atoms with van der Waals surface area (Å²) in [7, 11) is 0. The number of carboxylic acids is 1. The first-order valence-corrected chi connectivity index (χ1v) is 6.68. The second kappa shape index (κ2) is 5.25. The predicted octanol–water partition coefficient (Wildman–Crippen LogP) is 4.73. The first-order valence-electron chi connectivity index (χ1n) is 6.68. The zero-order valence-corrected chi connectivity index (χ0v) is 11.4. The van der Waals surface area contributed by atoms with E-state index in [-0.39, 0.29) is 0 Å². The summed E-state index contributed by atoms with van der Waals surface area (Å²) in [5, 5.41) is 13.3. The van der Waals surface area contributed by atoms with E-state index in [4.69, 9.17) is 5.11 Å². The number of hydrogen-bond acceptors (Lipinski definition) is 1. The maximum absolute atomic E-state index is 10.8. The van der Waals surface area contributed by atoms with Crippen molar-refractivity contribution in [2.24, 2.45) is 0 Å². The minimum absolute atomic E-state index is 0.885. The molecule has 3 aromatic carbocycles. The summed E-state index contributed by atoms with van der Waals surface area (Å²) in [5.41, 5.74) is 1.81. The molecule has 0 amide bonds. The van der Waals surface area contributed by atoms with Crippen LogP contribution in [0.25, 0.3) is 33.7 Å². The largest absolute Gasteiger partial charge is 0.478 e. The molecule has 1 N–H and O–H groups in total. The molecule has 0 aliphatic rings. The fourth-order valence-electron chi connectivity index (χ4n) is 2.57. The van der Waals surface area contributed by atoms with Gasteiger partial charge in [0.05, 0.1) is 0 Å². The Morgan fingerprint density at radius 2 is 1.71 bits per heavy atom. The highest BCUT2D eigenvalue weighted by Crippen LogP contribution is 2.29. The third-order valence-electron chi connectivity index (χ3n) is 3.57. The molecule has 2 nitrogen and oxygen atoms in total. The van der Waals surface area contributed by atoms with E-state index < -0.39 is 5.97 Å². The van der Waals surface area contributed by atoms with E-state index in [9.17, 15) is 4.79 Å². The molecular formula is C19H14O2. The Hall–Kier alpha value is -2.87. The molecule has 0 aliphatic carbocycles. The van der Waals surface area contributed by atoms with E-state index in [0.29, 0.717) is 0 Å². The lowest BCUT2D eigenvalue weighted by Gasteiger charge is -2.09. The fraction of sp³-hybridized carbons (Fsp3) is 0. The third-order valence-corrected chi connectivity index (χ3v) is 3.57. The van der Waals surface area contributed by atoms with Crippen LogP contribution in [0.1, 0.15) is 11.1 Å². The number of fused-ring (bicyclic) bond motifs is 2. The Morgan fingerprint density at radius 3 is 2.38 bits per heavy atom. The van der Waals surface area contributed by atoms with Gasteiger partial charge in [0.15, 0.2) is 0 Å². The highest BCUT2D eigenvalue weighted by molar-refractivity contribution is 6.04. The summed E-state index contributed by atoms with van der Waals surface area (Å²) in [6, 6.07) is 16.4. The van der Waals surface area contributed by atoms with E-state index in [2.05, 4.69) is 30.8 Å². The van der Waals surface area contributed by atoms with Crippen LogP contribution in [-0.2, 0) is 4.79 Å². The number of rotatable bonds is 3. The maximum atomic E-state index is 10.8. The number of carboxylic acid groups (broad SMARTS) is 1. The topological polar surface area (TPSA) is 37.3 Å². The van der Waals surface area contributed by atoms with Crippen LogP contribution in [0.4, 0.5) is 0 Å². The molecule has 0 saturated carbocycles. The van der Waals surface area contributed by atoms with Gasteiger partial charge in [-0.25, -0.2) is 4.79 Å². The standard InChI is InChI=1S/C19H14O2/c1-2-13-7-8-16-11-14-5-3-4-6-15(14)12-18(16)17(13)9-10-19(20)21/h2-12H,1H2,(H,20,21). The average molecular weight is 274 g/mol. The van der Waals surface area contributed by atoms with Gasteiger partial charge in [0.2, 0.25) is 0 Å². The number of benzene rings is 3. The molecule has 3 aromatic rings. The lowest BCUT2D eigenvalue weighted by molar-refractivity contribution is -0.131. The molecule has 0 aromatic heterocycles. The van der Waals surface area contributed by atoms with Crippen molar-refractivity contribution >= 4 is 39.7 Å². The van der Waals surface area contributed by atoms with Crippen molar-refractivity contribution in [1.29, 1.82) is 0 Å². The molecule has 102 valence electrons. The summed E-state index contributed by atoms with van der Waals surface area (Å²) >= 11 is 0. The zero-order valence-electron chi connectivity index (χ0n) is 11.4. The molecular weight excluding hydrogens is 260 g/mol. The van der Waals surface area contributed by atoms with Crippen LogP contribution in [0.15, 0.2) is 61.2 Å². The van der Waals surface area contributed by atoms with Gasteiger partial charge in [0.25, 0.3) is 0 Å². The Morgan fingerprint density at radius 1 is 1.00 bits per heavy atom. The van der Waals surface area contributed by atoms with E-state index in [1.807, 2.05) is 24.3 Å². The molecule has 0 bridgehead atoms. The first kappa shape index (κ1) is 13.1. The molecule has 0 radical (unpaired) electrons. The van der Waals surface area contributed by atoms with Crippen LogP contribution in [0, 0.1) is 0 Å². The van der Waals surface area contributed by atoms with Crippen molar-refractivity contribution in [3.8, 4) is 0 Å². The van der Waals surface area contributed by atoms with Gasteiger partial charge < -0.3 is 5.11 Å². The number of carbonyl (C=O) groups is 1. The van der Waals surface area contributed by atoms with Crippen LogP contribution < -0.4 is 0 Å². The van der Waals surface area contributed by atoms with Crippen molar-refractivity contribution in [2.45, 2.75) is 0 Å². The van der Waals surface area contributed by atoms with Gasteiger partial charge in [-0.05, 0) is 50.9 Å². The van der Waals surface area contributed by atoms with E-state index in [1.165, 1.54) is 5.39 Å². The van der Waals surface area contributed by atoms with E-state index in [1.54, 1.807) is 12.2 Å². The molecule has 0 aliphatic heterocycles. The Labute approximate surface area is 122 Å². The Kier molecular flexibility index (Phi) is 3.28. The molecule has 0 unspecified atom stereocenters. The van der Waals surface area contributed by atoms with Gasteiger partial charge >= 0.3 is 5.97 Å². The quantitative estimate of drug-likeness (QED) is 0.553. The lowest BCUT2D eigenvalue weighted by atomic mass is 9.95. The SMILES string of the molecule is C=Cc1ccc2cc3ccccc3cc2c1C=CC(=O)O. The molecule has 0 atom stereocenters. The smallest absolute Gasteiger partial charge is 0.328 e. The van der Waals surface area contributed by atoms with E-state index >= 15 is 0 Å². The summed E-state index contributed by atoms with van der Waals surface area (Å²) < 4.78 is 0. The molecule has 0 heterocycles. The van der Waals surface area contributed by atoms with Crippen LogP contribution in [0.2, 0.25) is 0 Å². The fourth-order valence-corrected chi connectivity index (χ4v) is 2.57. The average Bonchev–Trinajstić information content (AvgIpc) is 2.50. The molecule has 2 heteroatoms. The van der Waals surface area contributed by atoms with Crippen molar-refractivity contribution in [1.82, 2.24) is 0 Å². The summed E-state index contributed by atoms with van der Waals surface area (Å²) in [6.07, 6.45) is 4.55. The number of hydrogen-bond donors (Lipinski definition) is 1. The van der Waals surface area contributed by atoms with Gasteiger partial charge in [-0.2, -0.15) is 0 Å². The van der Waals surface area contributed by atoms with Crippen LogP contribution in [0.5, 0.6) is 0 Å².